The van der Waals surface area contributed by atoms with E-state index in [1.54, 1.807) is 19.9 Å². The quantitative estimate of drug-likeness (QED) is 0.814. The first-order valence-electron chi connectivity index (χ1n) is 8.18. The van der Waals surface area contributed by atoms with Crippen molar-refractivity contribution < 1.29 is 22.0 Å². The molecule has 2 heterocycles. The molecule has 0 aromatic carbocycles. The highest BCUT2D eigenvalue weighted by molar-refractivity contribution is 5.41. The highest BCUT2D eigenvalue weighted by Crippen LogP contribution is 2.35. The lowest BCUT2D eigenvalue weighted by Crippen LogP contribution is -2.32. The Morgan fingerprint density at radius 1 is 1.12 bits per heavy atom. The van der Waals surface area contributed by atoms with E-state index < -0.39 is 17.8 Å². The first kappa shape index (κ1) is 18.5. The molecule has 3 rings (SSSR count). The molecule has 0 atom stereocenters. The largest absolute Gasteiger partial charge is 0.433 e. The van der Waals surface area contributed by atoms with Crippen molar-refractivity contribution in [1.29, 1.82) is 0 Å². The van der Waals surface area contributed by atoms with Gasteiger partial charge in [-0.1, -0.05) is 0 Å². The van der Waals surface area contributed by atoms with Crippen molar-refractivity contribution in [2.45, 2.75) is 57.7 Å². The Balaban J connectivity index is 1.92. The SMILES string of the molecule is Cc1cc(C)n(-c2nc(NC3CCC(F)(F)CC3)cc(C(F)(F)F)n2)n1. The van der Waals surface area contributed by atoms with Gasteiger partial charge >= 0.3 is 6.18 Å². The van der Waals surface area contributed by atoms with Crippen LogP contribution in [0.3, 0.4) is 0 Å². The van der Waals surface area contributed by atoms with Crippen LogP contribution in [-0.4, -0.2) is 31.7 Å². The minimum absolute atomic E-state index is 0.0508. The predicted molar refractivity (Wildman–Crippen MR) is 84.5 cm³/mol. The summed E-state index contributed by atoms with van der Waals surface area (Å²) in [5.41, 5.74) is 0.0938. The number of aromatic nitrogens is 4. The van der Waals surface area contributed by atoms with E-state index in [0.29, 0.717) is 11.4 Å². The zero-order chi connectivity index (χ0) is 19.1. The molecule has 0 saturated heterocycles. The van der Waals surface area contributed by atoms with Gasteiger partial charge in [-0.3, -0.25) is 0 Å². The highest BCUT2D eigenvalue weighted by Gasteiger charge is 2.36. The molecule has 1 aliphatic carbocycles. The molecular formula is C16H18F5N5. The standard InChI is InChI=1S/C16H18F5N5/c1-9-7-10(2)26(25-9)14-23-12(16(19,20)21)8-13(24-14)22-11-3-5-15(17,18)6-4-11/h7-8,11H,3-6H2,1-2H3,(H,22,23,24). The van der Waals surface area contributed by atoms with Crippen LogP contribution in [0, 0.1) is 13.8 Å². The second-order valence-corrected chi connectivity index (χ2v) is 6.55. The third-order valence-electron chi connectivity index (χ3n) is 4.27. The summed E-state index contributed by atoms with van der Waals surface area (Å²) in [4.78, 5) is 7.68. The van der Waals surface area contributed by atoms with Crippen LogP contribution < -0.4 is 5.32 Å². The maximum atomic E-state index is 13.3. The monoisotopic (exact) mass is 375 g/mol. The van der Waals surface area contributed by atoms with E-state index in [2.05, 4.69) is 20.4 Å². The van der Waals surface area contributed by atoms with Crippen LogP contribution in [0.1, 0.15) is 42.8 Å². The summed E-state index contributed by atoms with van der Waals surface area (Å²) in [5.74, 6) is -2.98. The molecule has 5 nitrogen and oxygen atoms in total. The van der Waals surface area contributed by atoms with Gasteiger partial charge in [-0.2, -0.15) is 23.3 Å². The summed E-state index contributed by atoms with van der Waals surface area (Å²) >= 11 is 0. The van der Waals surface area contributed by atoms with Gasteiger partial charge in [-0.15, -0.1) is 0 Å². The molecule has 10 heteroatoms. The maximum Gasteiger partial charge on any atom is 0.433 e. The van der Waals surface area contributed by atoms with Gasteiger partial charge < -0.3 is 5.32 Å². The number of halogens is 5. The number of rotatable bonds is 3. The lowest BCUT2D eigenvalue weighted by atomic mass is 9.92. The molecule has 26 heavy (non-hydrogen) atoms. The van der Waals surface area contributed by atoms with Crippen LogP contribution in [0.15, 0.2) is 12.1 Å². The predicted octanol–water partition coefficient (Wildman–Crippen LogP) is 4.29. The third kappa shape index (κ3) is 4.10. The number of hydrogen-bond acceptors (Lipinski definition) is 4. The Kier molecular flexibility index (Phi) is 4.61. The second-order valence-electron chi connectivity index (χ2n) is 6.55. The van der Waals surface area contributed by atoms with Crippen molar-refractivity contribution in [3.63, 3.8) is 0 Å². The summed E-state index contributed by atoms with van der Waals surface area (Å²) in [6.45, 7) is 3.39. The van der Waals surface area contributed by atoms with E-state index >= 15 is 0 Å². The zero-order valence-corrected chi connectivity index (χ0v) is 14.2. The Labute approximate surface area is 146 Å². The van der Waals surface area contributed by atoms with E-state index in [4.69, 9.17) is 0 Å². The highest BCUT2D eigenvalue weighted by atomic mass is 19.4. The van der Waals surface area contributed by atoms with E-state index in [1.807, 2.05) is 0 Å². The molecule has 0 radical (unpaired) electrons. The Morgan fingerprint density at radius 3 is 2.31 bits per heavy atom. The van der Waals surface area contributed by atoms with E-state index in [0.717, 1.165) is 6.07 Å². The minimum atomic E-state index is -4.66. The molecule has 2 aromatic heterocycles. The van der Waals surface area contributed by atoms with Crippen molar-refractivity contribution in [3.05, 3.63) is 29.2 Å². The Hall–Kier alpha value is -2.26. The number of hydrogen-bond donors (Lipinski definition) is 1. The number of aryl methyl sites for hydroxylation is 2. The summed E-state index contributed by atoms with van der Waals surface area (Å²) < 4.78 is 67.3. The average Bonchev–Trinajstić information content (AvgIpc) is 2.87. The molecule has 1 aliphatic rings. The summed E-state index contributed by atoms with van der Waals surface area (Å²) in [6, 6.07) is 2.13. The Bertz CT molecular complexity index is 789. The first-order valence-corrected chi connectivity index (χ1v) is 8.18. The maximum absolute atomic E-state index is 13.3. The third-order valence-corrected chi connectivity index (χ3v) is 4.27. The molecule has 2 aromatic rings. The number of alkyl halides is 5. The fourth-order valence-electron chi connectivity index (χ4n) is 2.97. The van der Waals surface area contributed by atoms with Gasteiger partial charge in [0.1, 0.15) is 5.82 Å². The second kappa shape index (κ2) is 6.48. The van der Waals surface area contributed by atoms with Crippen molar-refractivity contribution in [2.75, 3.05) is 5.32 Å². The summed E-state index contributed by atoms with van der Waals surface area (Å²) in [5, 5.41) is 6.95. The van der Waals surface area contributed by atoms with Crippen LogP contribution in [0.5, 0.6) is 0 Å². The van der Waals surface area contributed by atoms with Crippen LogP contribution >= 0.6 is 0 Å². The van der Waals surface area contributed by atoms with Gasteiger partial charge in [0.25, 0.3) is 5.95 Å². The normalized spacial score (nSPS) is 18.1. The molecule has 1 fully saturated rings. The lowest BCUT2D eigenvalue weighted by molar-refractivity contribution is -0.141. The molecule has 1 N–H and O–H groups in total. The molecule has 0 bridgehead atoms. The van der Waals surface area contributed by atoms with Crippen LogP contribution in [-0.2, 0) is 6.18 Å². The first-order chi connectivity index (χ1) is 12.0. The van der Waals surface area contributed by atoms with Gasteiger partial charge in [-0.05, 0) is 32.8 Å². The van der Waals surface area contributed by atoms with Gasteiger partial charge in [0.15, 0.2) is 5.69 Å². The molecule has 0 aliphatic heterocycles. The zero-order valence-electron chi connectivity index (χ0n) is 14.2. The number of anilines is 1. The van der Waals surface area contributed by atoms with Crippen molar-refractivity contribution >= 4 is 5.82 Å². The lowest BCUT2D eigenvalue weighted by Gasteiger charge is -2.29. The topological polar surface area (TPSA) is 55.6 Å². The molecule has 0 amide bonds. The minimum Gasteiger partial charge on any atom is -0.367 e. The molecule has 1 saturated carbocycles. The smallest absolute Gasteiger partial charge is 0.367 e. The molecule has 0 spiro atoms. The number of nitrogens with zero attached hydrogens (tertiary/aromatic N) is 4. The van der Waals surface area contributed by atoms with Crippen molar-refractivity contribution in [1.82, 2.24) is 19.7 Å². The summed E-state index contributed by atoms with van der Waals surface area (Å²) in [6.07, 6.45) is -4.94. The van der Waals surface area contributed by atoms with E-state index in [-0.39, 0.29) is 43.5 Å². The average molecular weight is 375 g/mol. The molecule has 0 unspecified atom stereocenters. The summed E-state index contributed by atoms with van der Waals surface area (Å²) in [7, 11) is 0. The van der Waals surface area contributed by atoms with Crippen molar-refractivity contribution in [2.24, 2.45) is 0 Å². The van der Waals surface area contributed by atoms with Gasteiger partial charge in [0, 0.05) is 30.6 Å². The Morgan fingerprint density at radius 2 is 1.77 bits per heavy atom. The van der Waals surface area contributed by atoms with Gasteiger partial charge in [0.05, 0.1) is 5.69 Å². The fourth-order valence-corrected chi connectivity index (χ4v) is 2.97. The van der Waals surface area contributed by atoms with Crippen LogP contribution in [0.4, 0.5) is 27.8 Å². The molecular weight excluding hydrogens is 357 g/mol. The number of nitrogens with one attached hydrogen (secondary N) is 1. The van der Waals surface area contributed by atoms with Gasteiger partial charge in [0.2, 0.25) is 5.92 Å². The van der Waals surface area contributed by atoms with E-state index in [1.165, 1.54) is 4.68 Å². The molecule has 142 valence electrons. The van der Waals surface area contributed by atoms with E-state index in [9.17, 15) is 22.0 Å². The van der Waals surface area contributed by atoms with Gasteiger partial charge in [-0.25, -0.2) is 18.4 Å². The fraction of sp³-hybridized carbons (Fsp3) is 0.562. The van der Waals surface area contributed by atoms with Crippen LogP contribution in [0.2, 0.25) is 0 Å². The van der Waals surface area contributed by atoms with Crippen LogP contribution in [0.25, 0.3) is 5.95 Å². The van der Waals surface area contributed by atoms with Crippen molar-refractivity contribution in [3.8, 4) is 5.95 Å².